The first-order chi connectivity index (χ1) is 48.8. The van der Waals surface area contributed by atoms with E-state index < -0.39 is 0 Å². The molecule has 2 unspecified atom stereocenters. The van der Waals surface area contributed by atoms with Gasteiger partial charge < -0.3 is 9.97 Å². The van der Waals surface area contributed by atoms with Crippen LogP contribution >= 0.6 is 0 Å². The Morgan fingerprint density at radius 2 is 0.347 bits per heavy atom. The summed E-state index contributed by atoms with van der Waals surface area (Å²) in [5, 5.41) is 90.3. The third-order valence-electron chi connectivity index (χ3n) is 30.7. The number of nitrogens with zero attached hydrogens (tertiary/aromatic N) is 6. The van der Waals surface area contributed by atoms with Gasteiger partial charge >= 0.3 is 0 Å². The SMILES string of the molecule is c1ccc2c(c1)-c1nc-2nc2[nH]c(nc3nc(nc4[nH]c(n1)c1c4C4c5c6c7c8c9c5c5c%10c%11c4c4c(c%12c%13c7c7c8c8c%14c9c5c5c9c%10c%10c%11c%11c4c4c%12c%12c%13c%13c7c7c8c8c%14c5c5c9c9c%10c%10c%11c4c4c%12c%11c%13c7c7c8c5c5c9c%10c4c%11c75)C16)-c1ccccc1-3)c1ccccc21. The maximum atomic E-state index is 6.17. The normalized spacial score (nSPS) is 17.8. The molecule has 8 nitrogen and oxygen atoms in total. The molecule has 0 radical (unpaired) electrons. The van der Waals surface area contributed by atoms with Crippen LogP contribution in [0.5, 0.6) is 0 Å². The highest BCUT2D eigenvalue weighted by atomic mass is 15.1. The molecule has 0 saturated heterocycles. The second-order valence-corrected chi connectivity index (χ2v) is 32.6. The number of hydrogen-bond donors (Lipinski definition) is 2. The van der Waals surface area contributed by atoms with E-state index in [1.54, 1.807) is 286 Å². The molecule has 39 rings (SSSR count). The summed E-state index contributed by atoms with van der Waals surface area (Å²) < 4.78 is 0. The molecule has 416 valence electrons. The number of aromatic amines is 2. The average Bonchev–Trinajstić information content (AvgIpc) is 1.39. The van der Waals surface area contributed by atoms with Gasteiger partial charge in [0.15, 0.2) is 23.3 Å². The van der Waals surface area contributed by atoms with E-state index in [9.17, 15) is 0 Å². The van der Waals surface area contributed by atoms with Gasteiger partial charge in [0.25, 0.3) is 0 Å². The molecule has 2 aliphatic heterocycles. The molecule has 0 fully saturated rings. The topological polar surface area (TPSA) is 109 Å². The van der Waals surface area contributed by atoms with Gasteiger partial charge in [0.1, 0.15) is 22.6 Å². The lowest BCUT2D eigenvalue weighted by Crippen LogP contribution is -2.17. The Morgan fingerprint density at radius 3 is 0.592 bits per heavy atom. The maximum Gasteiger partial charge on any atom is 0.164 e. The summed E-state index contributed by atoms with van der Waals surface area (Å²) in [5.41, 5.74) is 15.6. The van der Waals surface area contributed by atoms with Gasteiger partial charge in [-0.25, -0.2) is 29.9 Å². The minimum absolute atomic E-state index is 0.222. The lowest BCUT2D eigenvalue weighted by atomic mass is 9.70. The number of nitrogens with one attached hydrogen (secondary N) is 2. The molecular formula is C90H16N8. The van der Waals surface area contributed by atoms with E-state index in [4.69, 9.17) is 29.9 Å². The monoisotopic (exact) mass is 1210 g/mol. The Balaban J connectivity index is 0.880. The van der Waals surface area contributed by atoms with Gasteiger partial charge in [0.05, 0.1) is 0 Å². The number of benzene rings is 21. The Bertz CT molecular complexity index is 9800. The zero-order valence-corrected chi connectivity index (χ0v) is 49.8. The summed E-state index contributed by atoms with van der Waals surface area (Å²) in [4.78, 5) is 42.6. The fraction of sp³-hybridized carbons (Fsp3) is 0.0222. The van der Waals surface area contributed by atoms with Gasteiger partial charge in [0, 0.05) is 56.0 Å². The summed E-state index contributed by atoms with van der Waals surface area (Å²) in [6, 6.07) is 25.7. The molecule has 5 heterocycles. The van der Waals surface area contributed by atoms with Crippen LogP contribution in [0.1, 0.15) is 45.2 Å². The molecule has 0 amide bonds. The van der Waals surface area contributed by atoms with Crippen LogP contribution in [0.2, 0.25) is 0 Å². The highest BCUT2D eigenvalue weighted by Gasteiger charge is 2.56. The minimum Gasteiger partial charge on any atom is -0.324 e. The lowest BCUT2D eigenvalue weighted by Gasteiger charge is -2.31. The first-order valence-corrected chi connectivity index (χ1v) is 35.1. The van der Waals surface area contributed by atoms with Crippen LogP contribution in [-0.2, 0) is 0 Å². The van der Waals surface area contributed by atoms with Crippen molar-refractivity contribution in [2.45, 2.75) is 11.8 Å². The zero-order valence-electron chi connectivity index (χ0n) is 49.8. The molecule has 2 aliphatic carbocycles. The van der Waals surface area contributed by atoms with E-state index in [0.29, 0.717) is 34.6 Å². The van der Waals surface area contributed by atoms with Crippen LogP contribution in [0, 0.1) is 0 Å². The average molecular weight is 1210 g/mol. The van der Waals surface area contributed by atoms with Crippen LogP contribution in [0.15, 0.2) is 72.8 Å². The van der Waals surface area contributed by atoms with Crippen LogP contribution in [0.3, 0.4) is 0 Å². The van der Waals surface area contributed by atoms with Crippen LogP contribution in [0.4, 0.5) is 0 Å². The molecular weight excluding hydrogens is 1190 g/mol. The number of rotatable bonds is 0. The van der Waals surface area contributed by atoms with E-state index in [1.165, 1.54) is 49.2 Å². The second kappa shape index (κ2) is 9.95. The van der Waals surface area contributed by atoms with Crippen molar-refractivity contribution < 1.29 is 0 Å². The third-order valence-corrected chi connectivity index (χ3v) is 30.7. The zero-order chi connectivity index (χ0) is 59.2. The van der Waals surface area contributed by atoms with Gasteiger partial charge in [-0.3, -0.25) is 0 Å². The minimum atomic E-state index is -0.222. The van der Waals surface area contributed by atoms with Crippen LogP contribution in [0.25, 0.3) is 381 Å². The lowest BCUT2D eigenvalue weighted by molar-refractivity contribution is 0.893. The van der Waals surface area contributed by atoms with Crippen molar-refractivity contribution in [1.82, 2.24) is 39.9 Å². The molecule has 32 aromatic carbocycles. The predicted molar refractivity (Wildman–Crippen MR) is 401 cm³/mol. The predicted octanol–water partition coefficient (Wildman–Crippen LogP) is 23.0. The van der Waals surface area contributed by atoms with Crippen molar-refractivity contribution in [1.29, 1.82) is 0 Å². The van der Waals surface area contributed by atoms with Gasteiger partial charge in [-0.15, -0.1) is 0 Å². The Labute approximate surface area is 535 Å². The van der Waals surface area contributed by atoms with E-state index in [2.05, 4.69) is 82.8 Å². The molecule has 35 aromatic rings. The summed E-state index contributed by atoms with van der Waals surface area (Å²) in [6.45, 7) is 0. The number of fused-ring (bicyclic) bond motifs is 32. The highest BCUT2D eigenvalue weighted by molar-refractivity contribution is 6.83. The standard InChI is InChI=1S/C90H16N8/c1-2-8-14-13(7-1)83-91-84(14)93-86-16-10-4-6-12-18(16)88(95-86)97-90-82-80-76-71-62-52-42-32-25-20-19-21-23-22(20)29-34(32)44-46-36(29)38-30(23)37-35-28(21)33-31-24(19)26-27(25)40(42)50-49-39(26)41(31)51-53-43(33)45(35)55-57-47(37)48(38)58-56(46)66(64(71)54(44)52)73-68(58)67(57)72-65(55)63(53)70-61(51)59(49)69(60(50)62)74(76)75(70)79(77(72)78(73)80)81(82)89(98-90)96-87-17-11-5-3-9-15(17)85(92-83)94-87/h1-12,79-80H,(H2,91,92,93,94,95,96,97,98). The molecule has 2 N–H and O–H groups in total. The van der Waals surface area contributed by atoms with Crippen molar-refractivity contribution in [3.05, 3.63) is 106 Å². The van der Waals surface area contributed by atoms with Crippen molar-refractivity contribution in [2.75, 3.05) is 0 Å². The van der Waals surface area contributed by atoms with E-state index in [-0.39, 0.29) is 11.8 Å². The van der Waals surface area contributed by atoms with Crippen molar-refractivity contribution in [2.24, 2.45) is 0 Å². The molecule has 3 aromatic heterocycles. The van der Waals surface area contributed by atoms with Crippen molar-refractivity contribution >= 4 is 335 Å². The van der Waals surface area contributed by atoms with Gasteiger partial charge in [0.2, 0.25) is 0 Å². The molecule has 0 spiro atoms. The first kappa shape index (κ1) is 39.0. The summed E-state index contributed by atoms with van der Waals surface area (Å²) >= 11 is 0. The summed E-state index contributed by atoms with van der Waals surface area (Å²) in [6.07, 6.45) is 0. The maximum absolute atomic E-state index is 6.17. The molecule has 0 saturated carbocycles. The fourth-order valence-corrected chi connectivity index (χ4v) is 29.2. The van der Waals surface area contributed by atoms with Crippen molar-refractivity contribution in [3.63, 3.8) is 0 Å². The largest absolute Gasteiger partial charge is 0.324 e. The number of H-pyrrole nitrogens is 2. The number of hydrogen-bond acceptors (Lipinski definition) is 6. The van der Waals surface area contributed by atoms with Crippen LogP contribution in [-0.4, -0.2) is 39.9 Å². The molecule has 98 heavy (non-hydrogen) atoms. The van der Waals surface area contributed by atoms with Gasteiger partial charge in [-0.1, -0.05) is 72.8 Å². The molecule has 10 bridgehead atoms. The van der Waals surface area contributed by atoms with Gasteiger partial charge in [-0.2, -0.15) is 0 Å². The fourth-order valence-electron chi connectivity index (χ4n) is 29.2. The quantitative estimate of drug-likeness (QED) is 0.146. The van der Waals surface area contributed by atoms with E-state index in [0.717, 1.165) is 44.3 Å². The third kappa shape index (κ3) is 2.59. The molecule has 4 aliphatic rings. The Kier molecular flexibility index (Phi) is 3.96. The first-order valence-electron chi connectivity index (χ1n) is 35.1. The summed E-state index contributed by atoms with van der Waals surface area (Å²) in [5.74, 6) is 2.13. The molecule has 8 heteroatoms. The second-order valence-electron chi connectivity index (χ2n) is 32.6. The van der Waals surface area contributed by atoms with Crippen molar-refractivity contribution in [3.8, 4) is 45.6 Å². The Hall–Kier alpha value is -13.0. The highest BCUT2D eigenvalue weighted by Crippen LogP contribution is 2.82. The van der Waals surface area contributed by atoms with Crippen LogP contribution < -0.4 is 0 Å². The van der Waals surface area contributed by atoms with Gasteiger partial charge in [-0.05, 0) is 324 Å². The van der Waals surface area contributed by atoms with E-state index >= 15 is 0 Å². The van der Waals surface area contributed by atoms with E-state index in [1.807, 2.05) is 0 Å². The number of aromatic nitrogens is 8. The smallest absolute Gasteiger partial charge is 0.164 e. The summed E-state index contributed by atoms with van der Waals surface area (Å²) in [7, 11) is 0. The molecule has 2 atom stereocenters. The Morgan fingerprint density at radius 1 is 0.163 bits per heavy atom.